The van der Waals surface area contributed by atoms with Crippen LogP contribution in [0.15, 0.2) is 53.9 Å². The first-order chi connectivity index (χ1) is 10.3. The van der Waals surface area contributed by atoms with E-state index in [1.807, 2.05) is 36.4 Å². The molecular weight excluding hydrogens is 282 g/mol. The van der Waals surface area contributed by atoms with E-state index in [1.165, 1.54) is 0 Å². The SMILES string of the molecule is COc1ccc(-c2nc(-c3ccccc3)cs2)cc1OC. The Kier molecular flexibility index (Phi) is 3.88. The zero-order valence-electron chi connectivity index (χ0n) is 11.9. The minimum atomic E-state index is 0.714. The van der Waals surface area contributed by atoms with Gasteiger partial charge in [-0.3, -0.25) is 0 Å². The Bertz CT molecular complexity index is 738. The molecule has 106 valence electrons. The Balaban J connectivity index is 1.97. The van der Waals surface area contributed by atoms with Crippen molar-refractivity contribution in [2.45, 2.75) is 0 Å². The minimum Gasteiger partial charge on any atom is -0.493 e. The van der Waals surface area contributed by atoms with Gasteiger partial charge in [-0.2, -0.15) is 0 Å². The van der Waals surface area contributed by atoms with E-state index in [9.17, 15) is 0 Å². The molecule has 0 aliphatic carbocycles. The molecule has 0 fully saturated rings. The molecule has 0 aliphatic rings. The number of ether oxygens (including phenoxy) is 2. The molecule has 21 heavy (non-hydrogen) atoms. The fourth-order valence-electron chi connectivity index (χ4n) is 2.12. The van der Waals surface area contributed by atoms with Crippen molar-refractivity contribution in [1.29, 1.82) is 0 Å². The summed E-state index contributed by atoms with van der Waals surface area (Å²) in [6.07, 6.45) is 0. The van der Waals surface area contributed by atoms with Crippen LogP contribution in [-0.4, -0.2) is 19.2 Å². The summed E-state index contributed by atoms with van der Waals surface area (Å²) in [7, 11) is 3.27. The first-order valence-electron chi connectivity index (χ1n) is 6.55. The Hall–Kier alpha value is -2.33. The fraction of sp³-hybridized carbons (Fsp3) is 0.118. The monoisotopic (exact) mass is 297 g/mol. The van der Waals surface area contributed by atoms with Crippen molar-refractivity contribution in [2.75, 3.05) is 14.2 Å². The number of thiazole rings is 1. The average molecular weight is 297 g/mol. The van der Waals surface area contributed by atoms with E-state index in [-0.39, 0.29) is 0 Å². The summed E-state index contributed by atoms with van der Waals surface area (Å²) in [5, 5.41) is 3.04. The summed E-state index contributed by atoms with van der Waals surface area (Å²) >= 11 is 1.62. The second-order valence-electron chi connectivity index (χ2n) is 4.47. The van der Waals surface area contributed by atoms with Crippen molar-refractivity contribution in [1.82, 2.24) is 4.98 Å². The first kappa shape index (κ1) is 13.6. The number of hydrogen-bond donors (Lipinski definition) is 0. The van der Waals surface area contributed by atoms with Gasteiger partial charge < -0.3 is 9.47 Å². The van der Waals surface area contributed by atoms with Crippen LogP contribution in [0.4, 0.5) is 0 Å². The van der Waals surface area contributed by atoms with Crippen molar-refractivity contribution < 1.29 is 9.47 Å². The molecular formula is C17H15NO2S. The lowest BCUT2D eigenvalue weighted by molar-refractivity contribution is 0.355. The number of aromatic nitrogens is 1. The summed E-state index contributed by atoms with van der Waals surface area (Å²) in [4.78, 5) is 4.70. The molecule has 0 bridgehead atoms. The van der Waals surface area contributed by atoms with Crippen LogP contribution >= 0.6 is 11.3 Å². The van der Waals surface area contributed by atoms with Crippen molar-refractivity contribution in [3.8, 4) is 33.3 Å². The van der Waals surface area contributed by atoms with E-state index in [0.29, 0.717) is 5.75 Å². The van der Waals surface area contributed by atoms with Crippen LogP contribution in [-0.2, 0) is 0 Å². The van der Waals surface area contributed by atoms with E-state index < -0.39 is 0 Å². The predicted molar refractivity (Wildman–Crippen MR) is 86.1 cm³/mol. The van der Waals surface area contributed by atoms with Crippen LogP contribution in [0.1, 0.15) is 0 Å². The predicted octanol–water partition coefficient (Wildman–Crippen LogP) is 4.49. The summed E-state index contributed by atoms with van der Waals surface area (Å²) < 4.78 is 10.6. The number of rotatable bonds is 4. The summed E-state index contributed by atoms with van der Waals surface area (Å²) in [6.45, 7) is 0. The summed E-state index contributed by atoms with van der Waals surface area (Å²) in [5.74, 6) is 1.44. The Morgan fingerprint density at radius 1 is 0.857 bits per heavy atom. The Morgan fingerprint density at radius 3 is 2.33 bits per heavy atom. The molecule has 1 aromatic heterocycles. The molecule has 3 aromatic rings. The van der Waals surface area contributed by atoms with Gasteiger partial charge in [0.05, 0.1) is 19.9 Å². The van der Waals surface area contributed by atoms with Crippen molar-refractivity contribution >= 4 is 11.3 Å². The zero-order valence-corrected chi connectivity index (χ0v) is 12.7. The molecule has 3 rings (SSSR count). The second-order valence-corrected chi connectivity index (χ2v) is 5.33. The molecule has 0 atom stereocenters. The molecule has 0 aliphatic heterocycles. The maximum atomic E-state index is 5.34. The van der Waals surface area contributed by atoms with Gasteiger partial charge >= 0.3 is 0 Å². The van der Waals surface area contributed by atoms with Crippen LogP contribution in [0.25, 0.3) is 21.8 Å². The first-order valence-corrected chi connectivity index (χ1v) is 7.43. The second kappa shape index (κ2) is 5.97. The van der Waals surface area contributed by atoms with E-state index in [1.54, 1.807) is 25.6 Å². The molecule has 0 N–H and O–H groups in total. The molecule has 0 unspecified atom stereocenters. The highest BCUT2D eigenvalue weighted by atomic mass is 32.1. The third-order valence-electron chi connectivity index (χ3n) is 3.20. The molecule has 1 heterocycles. The van der Waals surface area contributed by atoms with Crippen molar-refractivity contribution in [2.24, 2.45) is 0 Å². The molecule has 3 nitrogen and oxygen atoms in total. The van der Waals surface area contributed by atoms with Crippen LogP contribution in [0.3, 0.4) is 0 Å². The highest BCUT2D eigenvalue weighted by Gasteiger charge is 2.10. The standard InChI is InChI=1S/C17H15NO2S/c1-19-15-9-8-13(10-16(15)20-2)17-18-14(11-21-17)12-6-4-3-5-7-12/h3-11H,1-2H3. The number of nitrogens with zero attached hydrogens (tertiary/aromatic N) is 1. The number of benzene rings is 2. The van der Waals surface area contributed by atoms with Gasteiger partial charge in [-0.15, -0.1) is 11.3 Å². The molecule has 0 spiro atoms. The van der Waals surface area contributed by atoms with Gasteiger partial charge in [0, 0.05) is 16.5 Å². The molecule has 0 amide bonds. The van der Waals surface area contributed by atoms with Crippen LogP contribution in [0.5, 0.6) is 11.5 Å². The normalized spacial score (nSPS) is 10.4. The highest BCUT2D eigenvalue weighted by molar-refractivity contribution is 7.13. The van der Waals surface area contributed by atoms with Gasteiger partial charge in [-0.1, -0.05) is 30.3 Å². The largest absolute Gasteiger partial charge is 0.493 e. The third-order valence-corrected chi connectivity index (χ3v) is 4.10. The maximum absolute atomic E-state index is 5.34. The van der Waals surface area contributed by atoms with Gasteiger partial charge in [-0.05, 0) is 18.2 Å². The van der Waals surface area contributed by atoms with E-state index >= 15 is 0 Å². The number of hydrogen-bond acceptors (Lipinski definition) is 4. The average Bonchev–Trinajstić information content (AvgIpc) is 3.05. The lowest BCUT2D eigenvalue weighted by atomic mass is 10.2. The zero-order chi connectivity index (χ0) is 14.7. The van der Waals surface area contributed by atoms with Crippen molar-refractivity contribution in [3.63, 3.8) is 0 Å². The number of methoxy groups -OCH3 is 2. The van der Waals surface area contributed by atoms with Crippen LogP contribution in [0, 0.1) is 0 Å². The quantitative estimate of drug-likeness (QED) is 0.711. The summed E-state index contributed by atoms with van der Waals surface area (Å²) in [6, 6.07) is 16.0. The van der Waals surface area contributed by atoms with Gasteiger partial charge in [-0.25, -0.2) is 4.98 Å². The third kappa shape index (κ3) is 2.76. The van der Waals surface area contributed by atoms with E-state index in [2.05, 4.69) is 17.5 Å². The summed E-state index contributed by atoms with van der Waals surface area (Å²) in [5.41, 5.74) is 3.14. The topological polar surface area (TPSA) is 31.4 Å². The smallest absolute Gasteiger partial charge is 0.161 e. The van der Waals surface area contributed by atoms with Crippen LogP contribution < -0.4 is 9.47 Å². The maximum Gasteiger partial charge on any atom is 0.161 e. The van der Waals surface area contributed by atoms with E-state index in [0.717, 1.165) is 27.6 Å². The molecule has 0 saturated carbocycles. The molecule has 2 aromatic carbocycles. The van der Waals surface area contributed by atoms with E-state index in [4.69, 9.17) is 14.5 Å². The van der Waals surface area contributed by atoms with Gasteiger partial charge in [0.15, 0.2) is 11.5 Å². The van der Waals surface area contributed by atoms with Crippen molar-refractivity contribution in [3.05, 3.63) is 53.9 Å². The van der Waals surface area contributed by atoms with Crippen LogP contribution in [0.2, 0.25) is 0 Å². The van der Waals surface area contributed by atoms with Gasteiger partial charge in [0.1, 0.15) is 5.01 Å². The molecule has 0 saturated heterocycles. The Morgan fingerprint density at radius 2 is 1.62 bits per heavy atom. The fourth-order valence-corrected chi connectivity index (χ4v) is 2.94. The minimum absolute atomic E-state index is 0.714. The highest BCUT2D eigenvalue weighted by Crippen LogP contribution is 2.34. The molecule has 4 heteroatoms. The van der Waals surface area contributed by atoms with Gasteiger partial charge in [0.2, 0.25) is 0 Å². The van der Waals surface area contributed by atoms with Gasteiger partial charge in [0.25, 0.3) is 0 Å². The Labute approximate surface area is 127 Å². The lowest BCUT2D eigenvalue weighted by Gasteiger charge is -2.08. The lowest BCUT2D eigenvalue weighted by Crippen LogP contribution is -1.90. The molecule has 0 radical (unpaired) electrons.